The minimum Gasteiger partial charge on any atom is -0.354 e. The maximum absolute atomic E-state index is 5.48. The van der Waals surface area contributed by atoms with Gasteiger partial charge in [-0.2, -0.15) is 0 Å². The number of H-pyrrole nitrogens is 1. The number of aromatic amines is 1. The van der Waals surface area contributed by atoms with E-state index in [0.717, 1.165) is 26.3 Å². The zero-order chi connectivity index (χ0) is 10.3. The maximum Gasteiger partial charge on any atom is 0.0563 e. The third kappa shape index (κ3) is 1.26. The number of rotatable bonds is 0. The molecule has 0 aliphatic rings. The molecule has 1 N–H and O–H groups in total. The molecule has 1 heterocycles. The molecule has 0 aliphatic heterocycles. The number of hydrogen-bond donors (Lipinski definition) is 1. The van der Waals surface area contributed by atoms with Gasteiger partial charge in [-0.3, -0.25) is 0 Å². The zero-order valence-electron chi connectivity index (χ0n) is 8.03. The molecule has 0 bridgehead atoms. The Hall–Kier alpha value is -1.67. The Kier molecular flexibility index (Phi) is 1.82. The monoisotopic (exact) mass is 211 g/mol. The number of pyridine rings is 1. The van der Waals surface area contributed by atoms with Crippen LogP contribution in [0.2, 0.25) is 0 Å². The first kappa shape index (κ1) is 8.62. The summed E-state index contributed by atoms with van der Waals surface area (Å²) in [6.07, 6.45) is 0. The van der Waals surface area contributed by atoms with Crippen LogP contribution in [-0.2, 0) is 0 Å². The summed E-state index contributed by atoms with van der Waals surface area (Å²) in [6, 6.07) is 16.3. The summed E-state index contributed by atoms with van der Waals surface area (Å²) in [5, 5.41) is 2.23. The highest BCUT2D eigenvalue weighted by atomic mass is 32.1. The lowest BCUT2D eigenvalue weighted by Crippen LogP contribution is -1.83. The van der Waals surface area contributed by atoms with Crippen molar-refractivity contribution < 1.29 is 0 Å². The first-order valence-electron chi connectivity index (χ1n) is 4.86. The fourth-order valence-corrected chi connectivity index (χ4v) is 2.23. The van der Waals surface area contributed by atoms with Crippen molar-refractivity contribution in [2.75, 3.05) is 0 Å². The second-order valence-corrected chi connectivity index (χ2v) is 3.95. The van der Waals surface area contributed by atoms with E-state index in [1.54, 1.807) is 0 Å². The molecule has 15 heavy (non-hydrogen) atoms. The largest absolute Gasteiger partial charge is 0.354 e. The highest BCUT2D eigenvalue weighted by molar-refractivity contribution is 7.72. The van der Waals surface area contributed by atoms with Crippen molar-refractivity contribution in [3.63, 3.8) is 0 Å². The van der Waals surface area contributed by atoms with Crippen LogP contribution in [0.15, 0.2) is 48.5 Å². The van der Waals surface area contributed by atoms with E-state index < -0.39 is 0 Å². The molecule has 72 valence electrons. The van der Waals surface area contributed by atoms with Gasteiger partial charge in [-0.15, -0.1) is 0 Å². The van der Waals surface area contributed by atoms with E-state index in [4.69, 9.17) is 12.2 Å². The van der Waals surface area contributed by atoms with E-state index in [0.29, 0.717) is 0 Å². The van der Waals surface area contributed by atoms with Gasteiger partial charge < -0.3 is 4.98 Å². The van der Waals surface area contributed by atoms with Crippen LogP contribution in [-0.4, -0.2) is 4.98 Å². The van der Waals surface area contributed by atoms with Gasteiger partial charge in [0.1, 0.15) is 0 Å². The van der Waals surface area contributed by atoms with E-state index in [1.807, 2.05) is 24.3 Å². The topological polar surface area (TPSA) is 15.8 Å². The second-order valence-electron chi connectivity index (χ2n) is 3.55. The Balaban J connectivity index is 2.66. The predicted molar refractivity (Wildman–Crippen MR) is 66.6 cm³/mol. The second kappa shape index (κ2) is 3.17. The molecule has 2 heteroatoms. The first-order chi connectivity index (χ1) is 7.36. The number of nitrogens with one attached hydrogen (secondary N) is 1. The molecule has 0 fully saturated rings. The summed E-state index contributed by atoms with van der Waals surface area (Å²) in [5.41, 5.74) is 2.20. The van der Waals surface area contributed by atoms with Crippen LogP contribution >= 0.6 is 12.2 Å². The van der Waals surface area contributed by atoms with Gasteiger partial charge >= 0.3 is 0 Å². The quantitative estimate of drug-likeness (QED) is 0.438. The predicted octanol–water partition coefficient (Wildman–Crippen LogP) is 4.05. The molecule has 3 rings (SSSR count). The number of para-hydroxylation sites is 2. The van der Waals surface area contributed by atoms with Crippen molar-refractivity contribution in [3.05, 3.63) is 53.0 Å². The summed E-state index contributed by atoms with van der Waals surface area (Å²) < 4.78 is 0.931. The Morgan fingerprint density at radius 3 is 1.73 bits per heavy atom. The van der Waals surface area contributed by atoms with Crippen molar-refractivity contribution in [3.8, 4) is 0 Å². The molecule has 3 aromatic rings. The number of benzene rings is 2. The van der Waals surface area contributed by atoms with Gasteiger partial charge in [-0.1, -0.05) is 48.6 Å². The SMILES string of the molecule is S=c1c2ccccc2[nH]c2ccccc12. The van der Waals surface area contributed by atoms with E-state index in [2.05, 4.69) is 29.2 Å². The highest BCUT2D eigenvalue weighted by Crippen LogP contribution is 2.21. The van der Waals surface area contributed by atoms with Crippen LogP contribution in [0, 0.1) is 4.51 Å². The molecule has 0 saturated heterocycles. The fraction of sp³-hybridized carbons (Fsp3) is 0. The molecule has 0 radical (unpaired) electrons. The van der Waals surface area contributed by atoms with Crippen LogP contribution in [0.25, 0.3) is 21.8 Å². The van der Waals surface area contributed by atoms with Gasteiger partial charge in [0.2, 0.25) is 0 Å². The van der Waals surface area contributed by atoms with Crippen LogP contribution in [0.5, 0.6) is 0 Å². The number of aromatic nitrogens is 1. The Morgan fingerprint density at radius 1 is 0.733 bits per heavy atom. The summed E-state index contributed by atoms with van der Waals surface area (Å²) in [6.45, 7) is 0. The minimum absolute atomic E-state index is 0.931. The molecule has 1 nitrogen and oxygen atoms in total. The van der Waals surface area contributed by atoms with Crippen molar-refractivity contribution in [1.82, 2.24) is 4.98 Å². The Bertz CT molecular complexity index is 640. The normalized spacial score (nSPS) is 10.9. The average Bonchev–Trinajstić information content (AvgIpc) is 2.30. The summed E-state index contributed by atoms with van der Waals surface area (Å²) in [5.74, 6) is 0. The van der Waals surface area contributed by atoms with E-state index in [9.17, 15) is 0 Å². The van der Waals surface area contributed by atoms with E-state index in [1.165, 1.54) is 0 Å². The van der Waals surface area contributed by atoms with Crippen LogP contribution in [0.4, 0.5) is 0 Å². The van der Waals surface area contributed by atoms with Gasteiger partial charge in [0.05, 0.1) is 4.51 Å². The van der Waals surface area contributed by atoms with Crippen LogP contribution in [0.3, 0.4) is 0 Å². The van der Waals surface area contributed by atoms with Gasteiger partial charge in [-0.05, 0) is 12.1 Å². The van der Waals surface area contributed by atoms with E-state index in [-0.39, 0.29) is 0 Å². The van der Waals surface area contributed by atoms with E-state index >= 15 is 0 Å². The fourth-order valence-electron chi connectivity index (χ4n) is 1.87. The zero-order valence-corrected chi connectivity index (χ0v) is 8.84. The van der Waals surface area contributed by atoms with Gasteiger partial charge in [0.15, 0.2) is 0 Å². The Morgan fingerprint density at radius 2 is 1.20 bits per heavy atom. The van der Waals surface area contributed by atoms with Gasteiger partial charge in [-0.25, -0.2) is 0 Å². The van der Waals surface area contributed by atoms with Crippen molar-refractivity contribution >= 4 is 34.0 Å². The lowest BCUT2D eigenvalue weighted by Gasteiger charge is -2.02. The maximum atomic E-state index is 5.48. The van der Waals surface area contributed by atoms with Crippen molar-refractivity contribution in [1.29, 1.82) is 0 Å². The molecule has 0 atom stereocenters. The lowest BCUT2D eigenvalue weighted by molar-refractivity contribution is 1.49. The molecule has 0 aliphatic carbocycles. The highest BCUT2D eigenvalue weighted by Gasteiger charge is 1.99. The molecule has 2 aromatic carbocycles. The van der Waals surface area contributed by atoms with Crippen LogP contribution in [0.1, 0.15) is 0 Å². The third-order valence-corrected chi connectivity index (χ3v) is 3.05. The summed E-state index contributed by atoms with van der Waals surface area (Å²) in [4.78, 5) is 3.38. The lowest BCUT2D eigenvalue weighted by atomic mass is 10.1. The molecule has 1 aromatic heterocycles. The third-order valence-electron chi connectivity index (χ3n) is 2.61. The average molecular weight is 211 g/mol. The molecule has 0 amide bonds. The summed E-state index contributed by atoms with van der Waals surface area (Å²) in [7, 11) is 0. The van der Waals surface area contributed by atoms with Crippen LogP contribution < -0.4 is 0 Å². The smallest absolute Gasteiger partial charge is 0.0563 e. The molecule has 0 unspecified atom stereocenters. The van der Waals surface area contributed by atoms with Crippen molar-refractivity contribution in [2.24, 2.45) is 0 Å². The molecular formula is C13H9NS. The van der Waals surface area contributed by atoms with Crippen molar-refractivity contribution in [2.45, 2.75) is 0 Å². The number of hydrogen-bond acceptors (Lipinski definition) is 1. The first-order valence-corrected chi connectivity index (χ1v) is 5.27. The molecule has 0 spiro atoms. The minimum atomic E-state index is 0.931. The standard InChI is InChI=1S/C13H9NS/c15-13-9-5-1-3-7-11(9)14-12-8-4-2-6-10(12)13/h1-8H,(H,14,15). The Labute approximate surface area is 92.4 Å². The molecule has 0 saturated carbocycles. The van der Waals surface area contributed by atoms with Gasteiger partial charge in [0.25, 0.3) is 0 Å². The van der Waals surface area contributed by atoms with Gasteiger partial charge in [0, 0.05) is 21.8 Å². The molecular weight excluding hydrogens is 202 g/mol. The number of fused-ring (bicyclic) bond motifs is 2. The summed E-state index contributed by atoms with van der Waals surface area (Å²) >= 11 is 5.48.